The van der Waals surface area contributed by atoms with E-state index < -0.39 is 5.91 Å². The summed E-state index contributed by atoms with van der Waals surface area (Å²) in [5.41, 5.74) is 6.66. The van der Waals surface area contributed by atoms with E-state index in [0.717, 1.165) is 22.9 Å². The van der Waals surface area contributed by atoms with Crippen molar-refractivity contribution in [1.29, 1.82) is 0 Å². The van der Waals surface area contributed by atoms with Crippen LogP contribution < -0.4 is 15.2 Å². The normalized spacial score (nSPS) is 16.0. The summed E-state index contributed by atoms with van der Waals surface area (Å²) < 4.78 is 12.0. The van der Waals surface area contributed by atoms with Crippen molar-refractivity contribution < 1.29 is 23.9 Å². The fourth-order valence-electron chi connectivity index (χ4n) is 3.72. The monoisotopic (exact) mass is 502 g/mol. The molecule has 1 aliphatic carbocycles. The van der Waals surface area contributed by atoms with Crippen LogP contribution >= 0.6 is 15.9 Å². The highest BCUT2D eigenvalue weighted by Crippen LogP contribution is 2.32. The highest BCUT2D eigenvalue weighted by Gasteiger charge is 2.28. The van der Waals surface area contributed by atoms with E-state index in [2.05, 4.69) is 15.9 Å². The molecular weight excluding hydrogens is 476 g/mol. The van der Waals surface area contributed by atoms with Gasteiger partial charge in [0.15, 0.2) is 11.5 Å². The summed E-state index contributed by atoms with van der Waals surface area (Å²) >= 11 is 3.35. The molecule has 0 aromatic heterocycles. The largest absolute Gasteiger partial charge is 0.493 e. The Labute approximate surface area is 196 Å². The molecule has 0 spiro atoms. The zero-order valence-corrected chi connectivity index (χ0v) is 19.6. The molecule has 170 valence electrons. The topological polar surface area (TPSA) is 98.9 Å². The van der Waals surface area contributed by atoms with Crippen LogP contribution in [0, 0.1) is 0 Å². The lowest BCUT2D eigenvalue weighted by atomic mass is 10.2. The summed E-state index contributed by atoms with van der Waals surface area (Å²) in [4.78, 5) is 35.2. The number of hydrogen-bond donors (Lipinski definition) is 1. The fourth-order valence-corrected chi connectivity index (χ4v) is 4.17. The lowest BCUT2D eigenvalue weighted by Gasteiger charge is -2.16. The van der Waals surface area contributed by atoms with Gasteiger partial charge in [-0.2, -0.15) is 0 Å². The minimum atomic E-state index is -0.455. The number of likely N-dealkylation sites (tertiary alicyclic amines) is 1. The molecule has 2 aromatic carbocycles. The third-order valence-corrected chi connectivity index (χ3v) is 5.92. The molecule has 0 atom stereocenters. The number of amides is 3. The lowest BCUT2D eigenvalue weighted by Crippen LogP contribution is -2.28. The Morgan fingerprint density at radius 2 is 1.75 bits per heavy atom. The lowest BCUT2D eigenvalue weighted by molar-refractivity contribution is -0.139. The van der Waals surface area contributed by atoms with Crippen molar-refractivity contribution in [2.45, 2.75) is 51.2 Å². The number of benzene rings is 2. The molecule has 2 aromatic rings. The van der Waals surface area contributed by atoms with Crippen LogP contribution in [0.2, 0.25) is 0 Å². The standard InChI is InChI=1S/C13H17NO3.C11H10BrNO2/c1-16-11-7-6-9(13(14)15)8-12(11)17-10-4-2-3-5-10;12-9-3-1-2-8(6-9)7-13-10(14)4-5-11(13)15/h6-8,10H,2-5H2,1H3,(H2,14,15);1-3,6H,4-5,7H2. The third-order valence-electron chi connectivity index (χ3n) is 5.43. The first-order valence-electron chi connectivity index (χ1n) is 10.6. The van der Waals surface area contributed by atoms with Crippen LogP contribution in [0.3, 0.4) is 0 Å². The first-order chi connectivity index (χ1) is 15.4. The van der Waals surface area contributed by atoms with Gasteiger partial charge >= 0.3 is 0 Å². The van der Waals surface area contributed by atoms with E-state index in [1.54, 1.807) is 25.3 Å². The van der Waals surface area contributed by atoms with Crippen molar-refractivity contribution >= 4 is 33.7 Å². The van der Waals surface area contributed by atoms with Gasteiger partial charge in [0.25, 0.3) is 0 Å². The quantitative estimate of drug-likeness (QED) is 0.596. The number of ether oxygens (including phenoxy) is 2. The van der Waals surface area contributed by atoms with E-state index in [9.17, 15) is 14.4 Å². The molecule has 3 amide bonds. The van der Waals surface area contributed by atoms with Gasteiger partial charge in [0, 0.05) is 22.9 Å². The van der Waals surface area contributed by atoms with Crippen LogP contribution in [0.15, 0.2) is 46.9 Å². The molecule has 2 aliphatic rings. The van der Waals surface area contributed by atoms with Gasteiger partial charge in [-0.15, -0.1) is 0 Å². The van der Waals surface area contributed by atoms with E-state index in [1.807, 2.05) is 24.3 Å². The number of carbonyl (C=O) groups is 3. The van der Waals surface area contributed by atoms with Gasteiger partial charge < -0.3 is 15.2 Å². The molecule has 32 heavy (non-hydrogen) atoms. The van der Waals surface area contributed by atoms with Crippen molar-refractivity contribution in [3.63, 3.8) is 0 Å². The number of hydrogen-bond acceptors (Lipinski definition) is 5. The van der Waals surface area contributed by atoms with Gasteiger partial charge in [-0.1, -0.05) is 28.1 Å². The zero-order valence-electron chi connectivity index (χ0n) is 18.0. The summed E-state index contributed by atoms with van der Waals surface area (Å²) in [7, 11) is 1.58. The van der Waals surface area contributed by atoms with Crippen molar-refractivity contribution in [3.8, 4) is 11.5 Å². The molecule has 0 unspecified atom stereocenters. The van der Waals surface area contributed by atoms with Crippen LogP contribution in [0.25, 0.3) is 0 Å². The average molecular weight is 503 g/mol. The second-order valence-corrected chi connectivity index (χ2v) is 8.67. The minimum Gasteiger partial charge on any atom is -0.493 e. The summed E-state index contributed by atoms with van der Waals surface area (Å²) in [5.74, 6) is 0.654. The average Bonchev–Trinajstić information content (AvgIpc) is 3.39. The molecule has 7 nitrogen and oxygen atoms in total. The Hall–Kier alpha value is -2.87. The van der Waals surface area contributed by atoms with Crippen LogP contribution in [0.4, 0.5) is 0 Å². The molecule has 4 rings (SSSR count). The van der Waals surface area contributed by atoms with Crippen LogP contribution in [0.1, 0.15) is 54.4 Å². The van der Waals surface area contributed by atoms with E-state index in [-0.39, 0.29) is 17.9 Å². The molecule has 1 saturated carbocycles. The number of carbonyl (C=O) groups excluding carboxylic acids is 3. The van der Waals surface area contributed by atoms with Gasteiger partial charge in [0.05, 0.1) is 19.8 Å². The molecule has 8 heteroatoms. The van der Waals surface area contributed by atoms with Crippen LogP contribution in [-0.4, -0.2) is 35.8 Å². The number of imide groups is 1. The number of methoxy groups -OCH3 is 1. The van der Waals surface area contributed by atoms with Gasteiger partial charge in [-0.3, -0.25) is 19.3 Å². The number of nitrogens with zero attached hydrogens (tertiary/aromatic N) is 1. The van der Waals surface area contributed by atoms with Crippen molar-refractivity contribution in [2.24, 2.45) is 5.73 Å². The summed E-state index contributed by atoms with van der Waals surface area (Å²) in [6.45, 7) is 0.386. The predicted octanol–water partition coefficient (Wildman–Crippen LogP) is 4.21. The van der Waals surface area contributed by atoms with E-state index in [0.29, 0.717) is 36.4 Å². The van der Waals surface area contributed by atoms with Crippen molar-refractivity contribution in [2.75, 3.05) is 7.11 Å². The number of nitrogens with two attached hydrogens (primary N) is 1. The van der Waals surface area contributed by atoms with Crippen molar-refractivity contribution in [1.82, 2.24) is 4.90 Å². The smallest absolute Gasteiger partial charge is 0.248 e. The molecule has 1 aliphatic heterocycles. The maximum atomic E-state index is 11.4. The van der Waals surface area contributed by atoms with Crippen LogP contribution in [-0.2, 0) is 16.1 Å². The molecule has 1 saturated heterocycles. The first kappa shape index (κ1) is 23.8. The van der Waals surface area contributed by atoms with Crippen LogP contribution in [0.5, 0.6) is 11.5 Å². The Morgan fingerprint density at radius 1 is 1.06 bits per heavy atom. The molecule has 2 N–H and O–H groups in total. The Balaban J connectivity index is 0.000000182. The molecule has 0 radical (unpaired) electrons. The fraction of sp³-hybridized carbons (Fsp3) is 0.375. The molecular formula is C24H27BrN2O5. The maximum absolute atomic E-state index is 11.4. The zero-order chi connectivity index (χ0) is 23.1. The van der Waals surface area contributed by atoms with Gasteiger partial charge in [-0.05, 0) is 61.6 Å². The number of primary amides is 1. The Bertz CT molecular complexity index is 972. The number of halogens is 1. The van der Waals surface area contributed by atoms with Gasteiger partial charge in [0.2, 0.25) is 17.7 Å². The summed E-state index contributed by atoms with van der Waals surface area (Å²) in [6.07, 6.45) is 5.45. The second kappa shape index (κ2) is 11.1. The van der Waals surface area contributed by atoms with E-state index in [4.69, 9.17) is 15.2 Å². The maximum Gasteiger partial charge on any atom is 0.248 e. The Morgan fingerprint density at radius 3 is 2.34 bits per heavy atom. The van der Waals surface area contributed by atoms with E-state index in [1.165, 1.54) is 17.7 Å². The first-order valence-corrected chi connectivity index (χ1v) is 11.4. The summed E-state index contributed by atoms with van der Waals surface area (Å²) in [5, 5.41) is 0. The van der Waals surface area contributed by atoms with Crippen molar-refractivity contribution in [3.05, 3.63) is 58.1 Å². The Kier molecular flexibility index (Phi) is 8.27. The molecule has 2 fully saturated rings. The van der Waals surface area contributed by atoms with Gasteiger partial charge in [-0.25, -0.2) is 0 Å². The van der Waals surface area contributed by atoms with Gasteiger partial charge in [0.1, 0.15) is 0 Å². The summed E-state index contributed by atoms with van der Waals surface area (Å²) in [6, 6.07) is 12.6. The third kappa shape index (κ3) is 6.32. The molecule has 0 bridgehead atoms. The number of rotatable bonds is 6. The SMILES string of the molecule is COc1ccc(C(N)=O)cc1OC1CCCC1.O=C1CCC(=O)N1Cc1cccc(Br)c1. The highest BCUT2D eigenvalue weighted by atomic mass is 79.9. The highest BCUT2D eigenvalue weighted by molar-refractivity contribution is 9.10. The van der Waals surface area contributed by atoms with E-state index >= 15 is 0 Å². The molecule has 1 heterocycles. The second-order valence-electron chi connectivity index (χ2n) is 7.76. The predicted molar refractivity (Wildman–Crippen MR) is 123 cm³/mol. The minimum absolute atomic E-state index is 0.0695.